The van der Waals surface area contributed by atoms with Crippen molar-refractivity contribution in [1.82, 2.24) is 5.32 Å². The Labute approximate surface area is 126 Å². The van der Waals surface area contributed by atoms with Gasteiger partial charge in [-0.05, 0) is 49.8 Å². The van der Waals surface area contributed by atoms with E-state index in [0.717, 1.165) is 18.1 Å². The zero-order valence-corrected chi connectivity index (χ0v) is 13.1. The highest BCUT2D eigenvalue weighted by atomic mass is 32.2. The molecule has 1 aromatic carbocycles. The molecule has 3 heteroatoms. The number of hydrogen-bond acceptors (Lipinski definition) is 3. The van der Waals surface area contributed by atoms with Crippen molar-refractivity contribution in [1.29, 1.82) is 0 Å². The SMILES string of the molecule is CNC(CC1CCCc2ccccc21)C1CSCCO1. The molecule has 0 spiro atoms. The molecule has 2 aliphatic rings. The Bertz CT molecular complexity index is 431. The van der Waals surface area contributed by atoms with E-state index in [0.29, 0.717) is 18.1 Å². The van der Waals surface area contributed by atoms with Crippen LogP contribution in [-0.4, -0.2) is 37.3 Å². The van der Waals surface area contributed by atoms with E-state index in [4.69, 9.17) is 4.74 Å². The van der Waals surface area contributed by atoms with Crippen molar-refractivity contribution in [2.24, 2.45) is 0 Å². The number of benzene rings is 1. The maximum atomic E-state index is 5.98. The largest absolute Gasteiger partial charge is 0.375 e. The van der Waals surface area contributed by atoms with Crippen LogP contribution in [0.4, 0.5) is 0 Å². The minimum Gasteiger partial charge on any atom is -0.375 e. The van der Waals surface area contributed by atoms with Gasteiger partial charge in [-0.25, -0.2) is 0 Å². The Morgan fingerprint density at radius 1 is 1.40 bits per heavy atom. The van der Waals surface area contributed by atoms with Crippen LogP contribution in [0.3, 0.4) is 0 Å². The molecule has 0 aromatic heterocycles. The van der Waals surface area contributed by atoms with Gasteiger partial charge in [0.1, 0.15) is 0 Å². The first-order valence-electron chi connectivity index (χ1n) is 7.83. The predicted molar refractivity (Wildman–Crippen MR) is 86.7 cm³/mol. The van der Waals surface area contributed by atoms with Crippen LogP contribution in [0.2, 0.25) is 0 Å². The first-order valence-corrected chi connectivity index (χ1v) is 8.98. The van der Waals surface area contributed by atoms with Gasteiger partial charge in [-0.15, -0.1) is 0 Å². The molecule has 3 rings (SSSR count). The molecule has 3 atom stereocenters. The summed E-state index contributed by atoms with van der Waals surface area (Å²) in [7, 11) is 2.09. The van der Waals surface area contributed by atoms with E-state index in [2.05, 4.69) is 36.6 Å². The Kier molecular flexibility index (Phi) is 5.03. The summed E-state index contributed by atoms with van der Waals surface area (Å²) in [6.07, 6.45) is 5.51. The van der Waals surface area contributed by atoms with E-state index in [1.165, 1.54) is 25.7 Å². The molecular weight excluding hydrogens is 266 g/mol. The molecule has 20 heavy (non-hydrogen) atoms. The number of ether oxygens (including phenoxy) is 1. The van der Waals surface area contributed by atoms with Gasteiger partial charge in [-0.3, -0.25) is 0 Å². The van der Waals surface area contributed by atoms with Gasteiger partial charge in [0, 0.05) is 17.5 Å². The fraction of sp³-hybridized carbons (Fsp3) is 0.647. The van der Waals surface area contributed by atoms with E-state index in [1.54, 1.807) is 11.1 Å². The minimum atomic E-state index is 0.382. The van der Waals surface area contributed by atoms with Crippen LogP contribution >= 0.6 is 11.8 Å². The third kappa shape index (κ3) is 3.21. The Morgan fingerprint density at radius 3 is 3.10 bits per heavy atom. The van der Waals surface area contributed by atoms with Crippen LogP contribution in [0.15, 0.2) is 24.3 Å². The molecule has 1 aliphatic heterocycles. The summed E-state index contributed by atoms with van der Waals surface area (Å²) >= 11 is 2.03. The van der Waals surface area contributed by atoms with Crippen LogP contribution in [0.1, 0.15) is 36.3 Å². The molecule has 1 aliphatic carbocycles. The second-order valence-electron chi connectivity index (χ2n) is 5.90. The van der Waals surface area contributed by atoms with Crippen molar-refractivity contribution in [2.45, 2.75) is 43.7 Å². The van der Waals surface area contributed by atoms with E-state index in [-0.39, 0.29) is 0 Å². The highest BCUT2D eigenvalue weighted by molar-refractivity contribution is 7.99. The number of hydrogen-bond donors (Lipinski definition) is 1. The third-order valence-electron chi connectivity index (χ3n) is 4.69. The fourth-order valence-corrected chi connectivity index (χ4v) is 4.54. The van der Waals surface area contributed by atoms with E-state index in [9.17, 15) is 0 Å². The zero-order valence-electron chi connectivity index (χ0n) is 12.3. The van der Waals surface area contributed by atoms with Crippen LogP contribution in [0.5, 0.6) is 0 Å². The normalized spacial score (nSPS) is 27.9. The highest BCUT2D eigenvalue weighted by Crippen LogP contribution is 2.35. The van der Waals surface area contributed by atoms with Crippen LogP contribution < -0.4 is 5.32 Å². The molecule has 1 fully saturated rings. The molecule has 1 heterocycles. The minimum absolute atomic E-state index is 0.382. The summed E-state index contributed by atoms with van der Waals surface area (Å²) in [6.45, 7) is 0.911. The summed E-state index contributed by atoms with van der Waals surface area (Å²) in [6, 6.07) is 9.50. The van der Waals surface area contributed by atoms with Crippen molar-refractivity contribution >= 4 is 11.8 Å². The molecular formula is C17H25NOS. The van der Waals surface area contributed by atoms with Gasteiger partial charge >= 0.3 is 0 Å². The van der Waals surface area contributed by atoms with Gasteiger partial charge in [0.25, 0.3) is 0 Å². The van der Waals surface area contributed by atoms with Crippen molar-refractivity contribution in [3.05, 3.63) is 35.4 Å². The Hall–Kier alpha value is -0.510. The second kappa shape index (κ2) is 6.97. The zero-order chi connectivity index (χ0) is 13.8. The van der Waals surface area contributed by atoms with Crippen LogP contribution in [0.25, 0.3) is 0 Å². The average Bonchev–Trinajstić information content (AvgIpc) is 2.53. The standard InChI is InChI=1S/C17H25NOS/c1-18-16(17-12-20-10-9-19-17)11-14-7-4-6-13-5-2-3-8-15(13)14/h2-3,5,8,14,16-18H,4,6-7,9-12H2,1H3. The topological polar surface area (TPSA) is 21.3 Å². The monoisotopic (exact) mass is 291 g/mol. The number of rotatable bonds is 4. The smallest absolute Gasteiger partial charge is 0.0818 e. The Morgan fingerprint density at radius 2 is 2.30 bits per heavy atom. The van der Waals surface area contributed by atoms with Crippen molar-refractivity contribution < 1.29 is 4.74 Å². The molecule has 0 bridgehead atoms. The van der Waals surface area contributed by atoms with Crippen LogP contribution in [0, 0.1) is 0 Å². The van der Waals surface area contributed by atoms with Gasteiger partial charge < -0.3 is 10.1 Å². The number of nitrogens with one attached hydrogen (secondary N) is 1. The molecule has 0 amide bonds. The quantitative estimate of drug-likeness (QED) is 0.920. The number of likely N-dealkylation sites (N-methyl/N-ethyl adjacent to an activating group) is 1. The molecule has 1 N–H and O–H groups in total. The van der Waals surface area contributed by atoms with Crippen molar-refractivity contribution in [3.8, 4) is 0 Å². The number of fused-ring (bicyclic) bond motifs is 1. The van der Waals surface area contributed by atoms with Crippen molar-refractivity contribution in [2.75, 3.05) is 25.2 Å². The molecule has 3 unspecified atom stereocenters. The van der Waals surface area contributed by atoms with Crippen LogP contribution in [-0.2, 0) is 11.2 Å². The van der Waals surface area contributed by atoms with Gasteiger partial charge in [-0.2, -0.15) is 11.8 Å². The maximum absolute atomic E-state index is 5.98. The lowest BCUT2D eigenvalue weighted by Gasteiger charge is -2.34. The summed E-state index contributed by atoms with van der Waals surface area (Å²) in [4.78, 5) is 0. The molecule has 1 aromatic rings. The number of aryl methyl sites for hydroxylation is 1. The average molecular weight is 291 g/mol. The van der Waals surface area contributed by atoms with E-state index in [1.807, 2.05) is 11.8 Å². The summed E-state index contributed by atoms with van der Waals surface area (Å²) in [5.74, 6) is 2.99. The molecule has 0 saturated carbocycles. The van der Waals surface area contributed by atoms with Gasteiger partial charge in [0.05, 0.1) is 12.7 Å². The number of thioether (sulfide) groups is 1. The maximum Gasteiger partial charge on any atom is 0.0818 e. The lowest BCUT2D eigenvalue weighted by Crippen LogP contribution is -2.44. The van der Waals surface area contributed by atoms with E-state index >= 15 is 0 Å². The second-order valence-corrected chi connectivity index (χ2v) is 7.05. The third-order valence-corrected chi connectivity index (χ3v) is 5.71. The summed E-state index contributed by atoms with van der Waals surface area (Å²) < 4.78 is 5.98. The van der Waals surface area contributed by atoms with Gasteiger partial charge in [-0.1, -0.05) is 24.3 Å². The Balaban J connectivity index is 1.70. The lowest BCUT2D eigenvalue weighted by molar-refractivity contribution is 0.0444. The predicted octanol–water partition coefficient (Wildman–Crippen LogP) is 3.22. The fourth-order valence-electron chi connectivity index (χ4n) is 3.60. The first-order chi connectivity index (χ1) is 9.88. The molecule has 110 valence electrons. The summed E-state index contributed by atoms with van der Waals surface area (Å²) in [5, 5.41) is 3.51. The van der Waals surface area contributed by atoms with Crippen molar-refractivity contribution in [3.63, 3.8) is 0 Å². The van der Waals surface area contributed by atoms with E-state index < -0.39 is 0 Å². The highest BCUT2D eigenvalue weighted by Gasteiger charge is 2.28. The molecule has 0 radical (unpaired) electrons. The molecule has 1 saturated heterocycles. The lowest BCUT2D eigenvalue weighted by atomic mass is 9.79. The first kappa shape index (κ1) is 14.4. The summed E-state index contributed by atoms with van der Waals surface area (Å²) in [5.41, 5.74) is 3.15. The van der Waals surface area contributed by atoms with Gasteiger partial charge in [0.2, 0.25) is 0 Å². The molecule has 2 nitrogen and oxygen atoms in total. The van der Waals surface area contributed by atoms with Gasteiger partial charge in [0.15, 0.2) is 0 Å².